The Balaban J connectivity index is 2.50. The molecule has 17 heavy (non-hydrogen) atoms. The van der Waals surface area contributed by atoms with Crippen molar-refractivity contribution in [2.24, 2.45) is 10.1 Å². The van der Waals surface area contributed by atoms with Gasteiger partial charge >= 0.3 is 0 Å². The molecule has 6 heteroatoms. The summed E-state index contributed by atoms with van der Waals surface area (Å²) in [4.78, 5) is 2.16. The summed E-state index contributed by atoms with van der Waals surface area (Å²) in [6.45, 7) is 3.69. The fourth-order valence-electron chi connectivity index (χ4n) is 1.89. The molecule has 0 saturated carbocycles. The summed E-state index contributed by atoms with van der Waals surface area (Å²) in [5.41, 5.74) is 6.18. The van der Waals surface area contributed by atoms with Crippen LogP contribution in [0.3, 0.4) is 0 Å². The summed E-state index contributed by atoms with van der Waals surface area (Å²) < 4.78 is 27.5. The van der Waals surface area contributed by atoms with Crippen molar-refractivity contribution in [3.05, 3.63) is 29.8 Å². The zero-order chi connectivity index (χ0) is 12.5. The molecular formula is C11H15N3O2S. The highest BCUT2D eigenvalue weighted by Crippen LogP contribution is 2.27. The van der Waals surface area contributed by atoms with E-state index in [4.69, 9.17) is 5.73 Å². The Labute approximate surface area is 101 Å². The van der Waals surface area contributed by atoms with Crippen molar-refractivity contribution in [3.8, 4) is 0 Å². The van der Waals surface area contributed by atoms with Crippen LogP contribution in [0, 0.1) is 0 Å². The SMILES string of the molecule is CCN(CCN)C1=NS(=O)(=O)c2ccccc21. The molecule has 1 aromatic carbocycles. The normalized spacial score (nSPS) is 16.5. The van der Waals surface area contributed by atoms with Gasteiger partial charge in [-0.25, -0.2) is 0 Å². The fourth-order valence-corrected chi connectivity index (χ4v) is 3.11. The van der Waals surface area contributed by atoms with Gasteiger partial charge in [0.2, 0.25) is 0 Å². The van der Waals surface area contributed by atoms with E-state index in [0.717, 1.165) is 0 Å². The summed E-state index contributed by atoms with van der Waals surface area (Å²) in [5, 5.41) is 0. The molecule has 0 spiro atoms. The summed E-state index contributed by atoms with van der Waals surface area (Å²) in [5.74, 6) is 0.508. The molecule has 0 aromatic heterocycles. The quantitative estimate of drug-likeness (QED) is 0.847. The van der Waals surface area contributed by atoms with Crippen LogP contribution in [0.25, 0.3) is 0 Å². The van der Waals surface area contributed by atoms with Crippen LogP contribution < -0.4 is 5.73 Å². The van der Waals surface area contributed by atoms with Crippen LogP contribution in [0.15, 0.2) is 33.6 Å². The number of nitrogens with two attached hydrogens (primary N) is 1. The van der Waals surface area contributed by atoms with Crippen molar-refractivity contribution in [2.45, 2.75) is 11.8 Å². The second-order valence-corrected chi connectivity index (χ2v) is 5.33. The Morgan fingerprint density at radius 2 is 2.06 bits per heavy atom. The maximum Gasteiger partial charge on any atom is 0.285 e. The lowest BCUT2D eigenvalue weighted by Gasteiger charge is -2.21. The first-order valence-electron chi connectivity index (χ1n) is 5.49. The zero-order valence-corrected chi connectivity index (χ0v) is 10.4. The molecule has 1 heterocycles. The van der Waals surface area contributed by atoms with E-state index in [1.54, 1.807) is 18.2 Å². The first-order chi connectivity index (χ1) is 8.10. The largest absolute Gasteiger partial charge is 0.354 e. The van der Waals surface area contributed by atoms with E-state index >= 15 is 0 Å². The number of fused-ring (bicyclic) bond motifs is 1. The van der Waals surface area contributed by atoms with E-state index < -0.39 is 10.0 Å². The zero-order valence-electron chi connectivity index (χ0n) is 9.63. The molecule has 0 amide bonds. The van der Waals surface area contributed by atoms with Gasteiger partial charge in [0.05, 0.1) is 0 Å². The first-order valence-corrected chi connectivity index (χ1v) is 6.93. The molecule has 1 aliphatic rings. The number of likely N-dealkylation sites (N-methyl/N-ethyl adjacent to an activating group) is 1. The minimum atomic E-state index is -3.52. The van der Waals surface area contributed by atoms with E-state index in [9.17, 15) is 8.42 Å². The van der Waals surface area contributed by atoms with Gasteiger partial charge in [0.1, 0.15) is 4.90 Å². The Hall–Kier alpha value is -1.40. The molecular weight excluding hydrogens is 238 g/mol. The molecule has 0 aliphatic carbocycles. The average molecular weight is 253 g/mol. The predicted molar refractivity (Wildman–Crippen MR) is 66.5 cm³/mol. The predicted octanol–water partition coefficient (Wildman–Crippen LogP) is 0.416. The van der Waals surface area contributed by atoms with Crippen molar-refractivity contribution in [2.75, 3.05) is 19.6 Å². The van der Waals surface area contributed by atoms with Crippen LogP contribution in [-0.2, 0) is 10.0 Å². The van der Waals surface area contributed by atoms with Crippen LogP contribution in [-0.4, -0.2) is 38.8 Å². The van der Waals surface area contributed by atoms with Gasteiger partial charge in [-0.1, -0.05) is 12.1 Å². The summed E-state index contributed by atoms with van der Waals surface area (Å²) >= 11 is 0. The molecule has 1 aliphatic heterocycles. The van der Waals surface area contributed by atoms with E-state index in [-0.39, 0.29) is 4.90 Å². The lowest BCUT2D eigenvalue weighted by atomic mass is 10.2. The molecule has 0 radical (unpaired) electrons. The molecule has 2 N–H and O–H groups in total. The van der Waals surface area contributed by atoms with Gasteiger partial charge in [0, 0.05) is 25.2 Å². The maximum atomic E-state index is 11.8. The number of sulfonamides is 1. The monoisotopic (exact) mass is 253 g/mol. The van der Waals surface area contributed by atoms with Crippen molar-refractivity contribution in [1.29, 1.82) is 0 Å². The average Bonchev–Trinajstić information content (AvgIpc) is 2.59. The number of hydrogen-bond acceptors (Lipinski definition) is 4. The lowest BCUT2D eigenvalue weighted by Crippen LogP contribution is -2.35. The van der Waals surface area contributed by atoms with Crippen molar-refractivity contribution in [3.63, 3.8) is 0 Å². The Kier molecular flexibility index (Phi) is 3.17. The lowest BCUT2D eigenvalue weighted by molar-refractivity contribution is 0.453. The summed E-state index contributed by atoms with van der Waals surface area (Å²) in [7, 11) is -3.52. The van der Waals surface area contributed by atoms with Gasteiger partial charge in [-0.05, 0) is 19.1 Å². The maximum absolute atomic E-state index is 11.8. The Morgan fingerprint density at radius 1 is 1.35 bits per heavy atom. The van der Waals surface area contributed by atoms with Gasteiger partial charge < -0.3 is 10.6 Å². The molecule has 0 fully saturated rings. The van der Waals surface area contributed by atoms with Gasteiger partial charge in [-0.15, -0.1) is 4.40 Å². The number of hydrogen-bond donors (Lipinski definition) is 1. The molecule has 0 bridgehead atoms. The van der Waals surface area contributed by atoms with Crippen molar-refractivity contribution in [1.82, 2.24) is 4.90 Å². The van der Waals surface area contributed by atoms with Gasteiger partial charge in [-0.3, -0.25) is 0 Å². The van der Waals surface area contributed by atoms with Crippen LogP contribution in [0.2, 0.25) is 0 Å². The van der Waals surface area contributed by atoms with Crippen LogP contribution in [0.1, 0.15) is 12.5 Å². The molecule has 5 nitrogen and oxygen atoms in total. The van der Waals surface area contributed by atoms with Crippen molar-refractivity contribution < 1.29 is 8.42 Å². The first kappa shape index (κ1) is 12.1. The molecule has 0 atom stereocenters. The van der Waals surface area contributed by atoms with E-state index in [1.165, 1.54) is 0 Å². The second-order valence-electron chi connectivity index (χ2n) is 3.75. The highest BCUT2D eigenvalue weighted by molar-refractivity contribution is 7.90. The third kappa shape index (κ3) is 2.05. The number of rotatable bonds is 3. The number of amidine groups is 1. The highest BCUT2D eigenvalue weighted by atomic mass is 32.2. The summed E-state index contributed by atoms with van der Waals surface area (Å²) in [6.07, 6.45) is 0. The molecule has 0 saturated heterocycles. The minimum Gasteiger partial charge on any atom is -0.354 e. The second kappa shape index (κ2) is 4.46. The molecule has 0 unspecified atom stereocenters. The smallest absolute Gasteiger partial charge is 0.285 e. The van der Waals surface area contributed by atoms with Gasteiger partial charge in [-0.2, -0.15) is 8.42 Å². The topological polar surface area (TPSA) is 75.8 Å². The fraction of sp³-hybridized carbons (Fsp3) is 0.364. The highest BCUT2D eigenvalue weighted by Gasteiger charge is 2.30. The molecule has 92 valence electrons. The van der Waals surface area contributed by atoms with Crippen LogP contribution in [0.5, 0.6) is 0 Å². The van der Waals surface area contributed by atoms with Crippen LogP contribution in [0.4, 0.5) is 0 Å². The summed E-state index contributed by atoms with van der Waals surface area (Å²) in [6, 6.07) is 6.87. The third-order valence-electron chi connectivity index (χ3n) is 2.69. The molecule has 2 rings (SSSR count). The Bertz CT molecular complexity index is 552. The van der Waals surface area contributed by atoms with Crippen molar-refractivity contribution >= 4 is 15.9 Å². The molecule has 1 aromatic rings. The third-order valence-corrected chi connectivity index (χ3v) is 4.02. The standard InChI is InChI=1S/C11H15N3O2S/c1-2-14(8-7-12)11-9-5-3-4-6-10(9)17(15,16)13-11/h3-6H,2,7-8,12H2,1H3. The van der Waals surface area contributed by atoms with E-state index in [0.29, 0.717) is 31.0 Å². The van der Waals surface area contributed by atoms with E-state index in [1.807, 2.05) is 17.9 Å². The Morgan fingerprint density at radius 3 is 2.71 bits per heavy atom. The van der Waals surface area contributed by atoms with Gasteiger partial charge in [0.25, 0.3) is 10.0 Å². The number of nitrogens with zero attached hydrogens (tertiary/aromatic N) is 2. The van der Waals surface area contributed by atoms with Gasteiger partial charge in [0.15, 0.2) is 5.84 Å². The number of benzene rings is 1. The minimum absolute atomic E-state index is 0.283. The van der Waals surface area contributed by atoms with Crippen LogP contribution >= 0.6 is 0 Å². The van der Waals surface area contributed by atoms with E-state index in [2.05, 4.69) is 4.40 Å².